The highest BCUT2D eigenvalue weighted by atomic mass is 35.5. The van der Waals surface area contributed by atoms with Gasteiger partial charge in [0.1, 0.15) is 5.02 Å². The van der Waals surface area contributed by atoms with Gasteiger partial charge in [0.05, 0.1) is 18.4 Å². The summed E-state index contributed by atoms with van der Waals surface area (Å²) in [5, 5.41) is 7.32. The van der Waals surface area contributed by atoms with Crippen LogP contribution in [0.2, 0.25) is 5.02 Å². The van der Waals surface area contributed by atoms with Crippen LogP contribution in [0.4, 0.5) is 5.69 Å². The molecule has 100 valence electrons. The van der Waals surface area contributed by atoms with Crippen molar-refractivity contribution in [1.29, 1.82) is 0 Å². The van der Waals surface area contributed by atoms with Crippen LogP contribution in [0.25, 0.3) is 0 Å². The number of nitrogens with zero attached hydrogens (tertiary/aromatic N) is 3. The predicted molar refractivity (Wildman–Crippen MR) is 75.3 cm³/mol. The molecule has 0 aromatic carbocycles. The third kappa shape index (κ3) is 3.58. The zero-order valence-corrected chi connectivity index (χ0v) is 11.7. The normalized spacial score (nSPS) is 12.5. The molecule has 6 heteroatoms. The molecular weight excluding hydrogens is 252 g/mol. The van der Waals surface area contributed by atoms with Crippen molar-refractivity contribution < 1.29 is 0 Å². The molecule has 0 aliphatic heterocycles. The Kier molecular flexibility index (Phi) is 5.37. The van der Waals surface area contributed by atoms with Crippen molar-refractivity contribution in [3.8, 4) is 0 Å². The predicted octanol–water partition coefficient (Wildman–Crippen LogP) is 1.44. The topological polar surface area (TPSA) is 50.2 Å². The lowest BCUT2D eigenvalue weighted by atomic mass is 10.3. The maximum Gasteiger partial charge on any atom is 0.287 e. The summed E-state index contributed by atoms with van der Waals surface area (Å²) in [5.41, 5.74) is 0.259. The molecule has 1 atom stereocenters. The molecule has 0 bridgehead atoms. The molecule has 0 spiro atoms. The minimum Gasteiger partial charge on any atom is -0.381 e. The molecule has 1 N–H and O–H groups in total. The first-order chi connectivity index (χ1) is 8.47. The van der Waals surface area contributed by atoms with Crippen LogP contribution in [0.1, 0.15) is 6.92 Å². The maximum absolute atomic E-state index is 11.8. The molecule has 0 amide bonds. The second kappa shape index (κ2) is 6.56. The van der Waals surface area contributed by atoms with Crippen molar-refractivity contribution in [2.75, 3.05) is 26.0 Å². The van der Waals surface area contributed by atoms with E-state index < -0.39 is 0 Å². The van der Waals surface area contributed by atoms with Crippen molar-refractivity contribution in [2.45, 2.75) is 19.5 Å². The molecule has 1 heterocycles. The van der Waals surface area contributed by atoms with Gasteiger partial charge in [0.15, 0.2) is 0 Å². The molecule has 0 saturated carbocycles. The molecule has 0 aliphatic rings. The van der Waals surface area contributed by atoms with Gasteiger partial charge in [-0.2, -0.15) is 5.10 Å². The highest BCUT2D eigenvalue weighted by Crippen LogP contribution is 2.15. The van der Waals surface area contributed by atoms with Crippen molar-refractivity contribution in [3.05, 3.63) is 34.2 Å². The van der Waals surface area contributed by atoms with E-state index >= 15 is 0 Å². The van der Waals surface area contributed by atoms with E-state index in [4.69, 9.17) is 11.6 Å². The van der Waals surface area contributed by atoms with E-state index in [1.807, 2.05) is 14.1 Å². The first-order valence-electron chi connectivity index (χ1n) is 5.74. The fourth-order valence-electron chi connectivity index (χ4n) is 1.28. The first kappa shape index (κ1) is 14.7. The van der Waals surface area contributed by atoms with Gasteiger partial charge in [-0.1, -0.05) is 17.7 Å². The van der Waals surface area contributed by atoms with Crippen LogP contribution >= 0.6 is 11.6 Å². The summed E-state index contributed by atoms with van der Waals surface area (Å²) in [4.78, 5) is 13.9. The molecule has 5 nitrogen and oxygen atoms in total. The molecule has 1 aromatic rings. The number of halogens is 1. The average Bonchev–Trinajstić information content (AvgIpc) is 2.33. The summed E-state index contributed by atoms with van der Waals surface area (Å²) in [6.45, 7) is 6.69. The Morgan fingerprint density at radius 1 is 1.67 bits per heavy atom. The van der Waals surface area contributed by atoms with Gasteiger partial charge >= 0.3 is 0 Å². The number of nitrogens with one attached hydrogen (secondary N) is 1. The van der Waals surface area contributed by atoms with Gasteiger partial charge in [0.2, 0.25) is 0 Å². The molecular formula is C12H19ClN4O. The third-order valence-electron chi connectivity index (χ3n) is 2.76. The number of aromatic nitrogens is 2. The standard InChI is InChI=1S/C12H19ClN4O/c1-5-6-17-12(18)11(13)10(8-15-17)14-7-9(2)16(3)4/h5,8-9,14H,1,6-7H2,2-4H3. The number of likely N-dealkylation sites (N-methyl/N-ethyl adjacent to an activating group) is 1. The molecule has 1 unspecified atom stereocenters. The largest absolute Gasteiger partial charge is 0.381 e. The molecule has 0 fully saturated rings. The Morgan fingerprint density at radius 3 is 2.89 bits per heavy atom. The van der Waals surface area contributed by atoms with E-state index in [0.29, 0.717) is 24.8 Å². The third-order valence-corrected chi connectivity index (χ3v) is 3.12. The highest BCUT2D eigenvalue weighted by Gasteiger charge is 2.10. The summed E-state index contributed by atoms with van der Waals surface area (Å²) >= 11 is 6.01. The lowest BCUT2D eigenvalue weighted by Gasteiger charge is -2.20. The molecule has 1 rings (SSSR count). The minimum absolute atomic E-state index is 0.165. The minimum atomic E-state index is -0.306. The van der Waals surface area contributed by atoms with Crippen LogP contribution in [0.5, 0.6) is 0 Å². The second-order valence-electron chi connectivity index (χ2n) is 4.34. The highest BCUT2D eigenvalue weighted by molar-refractivity contribution is 6.32. The quantitative estimate of drug-likeness (QED) is 0.795. The zero-order chi connectivity index (χ0) is 13.7. The summed E-state index contributed by atoms with van der Waals surface area (Å²) in [5.74, 6) is 0. The number of rotatable bonds is 6. The van der Waals surface area contributed by atoms with Gasteiger partial charge in [-0.05, 0) is 21.0 Å². The number of anilines is 1. The van der Waals surface area contributed by atoms with E-state index in [2.05, 4.69) is 28.8 Å². The lowest BCUT2D eigenvalue weighted by molar-refractivity contribution is 0.326. The Morgan fingerprint density at radius 2 is 2.33 bits per heavy atom. The summed E-state index contributed by atoms with van der Waals surface area (Å²) in [6.07, 6.45) is 3.17. The lowest BCUT2D eigenvalue weighted by Crippen LogP contribution is -2.32. The van der Waals surface area contributed by atoms with E-state index in [0.717, 1.165) is 0 Å². The van der Waals surface area contributed by atoms with E-state index in [9.17, 15) is 4.79 Å². The van der Waals surface area contributed by atoms with Crippen LogP contribution in [-0.2, 0) is 6.54 Å². The Bertz CT molecular complexity index is 470. The Labute approximate surface area is 112 Å². The molecule has 0 saturated heterocycles. The molecule has 1 aromatic heterocycles. The molecule has 0 aliphatic carbocycles. The zero-order valence-electron chi connectivity index (χ0n) is 11.0. The summed E-state index contributed by atoms with van der Waals surface area (Å²) in [7, 11) is 3.99. The number of hydrogen-bond donors (Lipinski definition) is 1. The molecule has 0 radical (unpaired) electrons. The summed E-state index contributed by atoms with van der Waals surface area (Å²) in [6, 6.07) is 0.330. The van der Waals surface area contributed by atoms with Crippen LogP contribution in [0.15, 0.2) is 23.6 Å². The van der Waals surface area contributed by atoms with Gasteiger partial charge in [0.25, 0.3) is 5.56 Å². The Hall–Kier alpha value is -1.33. The van der Waals surface area contributed by atoms with Crippen molar-refractivity contribution in [1.82, 2.24) is 14.7 Å². The number of hydrogen-bond acceptors (Lipinski definition) is 4. The van der Waals surface area contributed by atoms with Crippen molar-refractivity contribution in [3.63, 3.8) is 0 Å². The van der Waals surface area contributed by atoms with Crippen LogP contribution in [0, 0.1) is 0 Å². The maximum atomic E-state index is 11.8. The van der Waals surface area contributed by atoms with E-state index in [1.165, 1.54) is 4.68 Å². The van der Waals surface area contributed by atoms with Gasteiger partial charge < -0.3 is 10.2 Å². The van der Waals surface area contributed by atoms with Crippen LogP contribution in [0.3, 0.4) is 0 Å². The monoisotopic (exact) mass is 270 g/mol. The summed E-state index contributed by atoms with van der Waals surface area (Å²) < 4.78 is 1.27. The Balaban J connectivity index is 2.82. The average molecular weight is 271 g/mol. The first-order valence-corrected chi connectivity index (χ1v) is 6.12. The van der Waals surface area contributed by atoms with Gasteiger partial charge in [0, 0.05) is 12.6 Å². The number of allylic oxidation sites excluding steroid dienone is 1. The molecule has 18 heavy (non-hydrogen) atoms. The van der Waals surface area contributed by atoms with Crippen LogP contribution < -0.4 is 10.9 Å². The fraction of sp³-hybridized carbons (Fsp3) is 0.500. The van der Waals surface area contributed by atoms with Gasteiger partial charge in [-0.15, -0.1) is 6.58 Å². The van der Waals surface area contributed by atoms with E-state index in [-0.39, 0.29) is 10.6 Å². The van der Waals surface area contributed by atoms with Crippen molar-refractivity contribution in [2.24, 2.45) is 0 Å². The van der Waals surface area contributed by atoms with Gasteiger partial charge in [-0.3, -0.25) is 4.79 Å². The second-order valence-corrected chi connectivity index (χ2v) is 4.72. The van der Waals surface area contributed by atoms with Crippen LogP contribution in [-0.4, -0.2) is 41.4 Å². The van der Waals surface area contributed by atoms with Gasteiger partial charge in [-0.25, -0.2) is 4.68 Å². The van der Waals surface area contributed by atoms with Crippen molar-refractivity contribution >= 4 is 17.3 Å². The van der Waals surface area contributed by atoms with E-state index in [1.54, 1.807) is 12.3 Å². The fourth-order valence-corrected chi connectivity index (χ4v) is 1.49. The smallest absolute Gasteiger partial charge is 0.287 e. The SMILES string of the molecule is C=CCn1ncc(NCC(C)N(C)C)c(Cl)c1=O.